The molecule has 112 valence electrons. The summed E-state index contributed by atoms with van der Waals surface area (Å²) in [4.78, 5) is 35.7. The molecule has 1 aromatic rings. The van der Waals surface area contributed by atoms with Gasteiger partial charge < -0.3 is 14.9 Å². The number of anilines is 1. The third-order valence-corrected chi connectivity index (χ3v) is 4.81. The number of carboxylic acid groups (broad SMARTS) is 1. The number of carboxylic acids is 1. The Labute approximate surface area is 126 Å². The highest BCUT2D eigenvalue weighted by atomic mass is 32.2. The molecule has 0 spiro atoms. The van der Waals surface area contributed by atoms with E-state index in [2.05, 4.69) is 9.97 Å². The van der Waals surface area contributed by atoms with Crippen LogP contribution in [0.5, 0.6) is 0 Å². The summed E-state index contributed by atoms with van der Waals surface area (Å²) in [6.45, 7) is 0.721. The predicted molar refractivity (Wildman–Crippen MR) is 78.0 cm³/mol. The maximum absolute atomic E-state index is 12.7. The second-order valence-corrected chi connectivity index (χ2v) is 6.06. The van der Waals surface area contributed by atoms with Crippen LogP contribution in [0.1, 0.15) is 12.8 Å². The first-order chi connectivity index (χ1) is 10.2. The first-order valence-corrected chi connectivity index (χ1v) is 7.98. The zero-order chi connectivity index (χ0) is 14.8. The van der Waals surface area contributed by atoms with E-state index in [1.54, 1.807) is 18.5 Å². The molecule has 2 aliphatic heterocycles. The summed E-state index contributed by atoms with van der Waals surface area (Å²) in [5.74, 6) is 0.365. The number of carbonyl (C=O) groups excluding carboxylic acids is 1. The van der Waals surface area contributed by atoms with Crippen molar-refractivity contribution in [2.45, 2.75) is 24.9 Å². The van der Waals surface area contributed by atoms with E-state index >= 15 is 0 Å². The molecule has 1 aromatic heterocycles. The molecular weight excluding hydrogens is 292 g/mol. The molecule has 2 fully saturated rings. The average molecular weight is 308 g/mol. The number of hydrogen-bond donors (Lipinski definition) is 1. The molecule has 1 N–H and O–H groups in total. The predicted octanol–water partition coefficient (Wildman–Crippen LogP) is 0.431. The molecule has 3 rings (SSSR count). The Morgan fingerprint density at radius 1 is 1.29 bits per heavy atom. The third kappa shape index (κ3) is 2.67. The highest BCUT2D eigenvalue weighted by Gasteiger charge is 2.41. The van der Waals surface area contributed by atoms with E-state index < -0.39 is 12.0 Å². The quantitative estimate of drug-likeness (QED) is 0.866. The minimum atomic E-state index is -0.936. The van der Waals surface area contributed by atoms with Crippen molar-refractivity contribution >= 4 is 29.6 Å². The molecule has 8 heteroatoms. The topological polar surface area (TPSA) is 86.6 Å². The van der Waals surface area contributed by atoms with Crippen molar-refractivity contribution in [1.29, 1.82) is 0 Å². The smallest absolute Gasteiger partial charge is 0.327 e. The van der Waals surface area contributed by atoms with Gasteiger partial charge in [-0.15, -0.1) is 11.8 Å². The van der Waals surface area contributed by atoms with Gasteiger partial charge in [0.15, 0.2) is 0 Å². The van der Waals surface area contributed by atoms with Gasteiger partial charge in [-0.3, -0.25) is 4.79 Å². The normalized spacial score (nSPS) is 25.3. The second kappa shape index (κ2) is 5.88. The fourth-order valence-electron chi connectivity index (χ4n) is 2.76. The molecule has 3 heterocycles. The van der Waals surface area contributed by atoms with Crippen LogP contribution in [-0.4, -0.2) is 62.1 Å². The summed E-state index contributed by atoms with van der Waals surface area (Å²) in [5.41, 5.74) is 0. The number of nitrogens with zero attached hydrogens (tertiary/aromatic N) is 4. The van der Waals surface area contributed by atoms with Crippen molar-refractivity contribution in [3.05, 3.63) is 18.5 Å². The molecule has 0 aliphatic carbocycles. The maximum atomic E-state index is 12.7. The third-order valence-electron chi connectivity index (χ3n) is 3.80. The largest absolute Gasteiger partial charge is 0.480 e. The molecule has 0 saturated carbocycles. The number of amides is 1. The SMILES string of the molecule is O=C(O)[C@@H]1CSCN1C(=O)C1CCCN1c1ncccn1. The number of carbonyl (C=O) groups is 2. The molecule has 21 heavy (non-hydrogen) atoms. The Morgan fingerprint density at radius 2 is 2.05 bits per heavy atom. The molecule has 2 saturated heterocycles. The van der Waals surface area contributed by atoms with Gasteiger partial charge in [0.25, 0.3) is 0 Å². The monoisotopic (exact) mass is 308 g/mol. The molecule has 2 atom stereocenters. The van der Waals surface area contributed by atoms with Gasteiger partial charge in [0.1, 0.15) is 12.1 Å². The fraction of sp³-hybridized carbons (Fsp3) is 0.538. The van der Waals surface area contributed by atoms with E-state index in [-0.39, 0.29) is 11.9 Å². The van der Waals surface area contributed by atoms with Crippen LogP contribution in [0.2, 0.25) is 0 Å². The van der Waals surface area contributed by atoms with Crippen LogP contribution in [0, 0.1) is 0 Å². The summed E-state index contributed by atoms with van der Waals surface area (Å²) in [6, 6.07) is 0.656. The van der Waals surface area contributed by atoms with Crippen LogP contribution in [-0.2, 0) is 9.59 Å². The van der Waals surface area contributed by atoms with Gasteiger partial charge in [0.05, 0.1) is 5.88 Å². The van der Waals surface area contributed by atoms with E-state index in [1.807, 2.05) is 4.90 Å². The van der Waals surface area contributed by atoms with Gasteiger partial charge in [-0.05, 0) is 18.9 Å². The lowest BCUT2D eigenvalue weighted by Crippen LogP contribution is -2.50. The Balaban J connectivity index is 1.79. The van der Waals surface area contributed by atoms with Crippen LogP contribution in [0.25, 0.3) is 0 Å². The van der Waals surface area contributed by atoms with E-state index in [0.29, 0.717) is 24.0 Å². The van der Waals surface area contributed by atoms with Crippen LogP contribution < -0.4 is 4.90 Å². The van der Waals surface area contributed by atoms with Gasteiger partial charge >= 0.3 is 5.97 Å². The molecule has 2 aliphatic rings. The molecule has 0 aromatic carbocycles. The Hall–Kier alpha value is -1.83. The maximum Gasteiger partial charge on any atom is 0.327 e. The standard InChI is InChI=1S/C13H16N4O3S/c18-11(17-8-21-7-10(17)12(19)20)9-3-1-6-16(9)13-14-4-2-5-15-13/h2,4-5,9-10H,1,3,6-8H2,(H,19,20)/t9?,10-/m0/s1. The second-order valence-electron chi connectivity index (χ2n) is 5.06. The Morgan fingerprint density at radius 3 is 2.76 bits per heavy atom. The molecule has 1 amide bonds. The number of hydrogen-bond acceptors (Lipinski definition) is 6. The van der Waals surface area contributed by atoms with Crippen LogP contribution in [0.4, 0.5) is 5.95 Å². The van der Waals surface area contributed by atoms with Crippen molar-refractivity contribution in [1.82, 2.24) is 14.9 Å². The Bertz CT molecular complexity index is 541. The minimum absolute atomic E-state index is 0.127. The zero-order valence-corrected chi connectivity index (χ0v) is 12.2. The summed E-state index contributed by atoms with van der Waals surface area (Å²) < 4.78 is 0. The summed E-state index contributed by atoms with van der Waals surface area (Å²) in [6.07, 6.45) is 4.89. The number of thioether (sulfide) groups is 1. The molecule has 0 bridgehead atoms. The fourth-order valence-corrected chi connectivity index (χ4v) is 3.91. The minimum Gasteiger partial charge on any atom is -0.480 e. The van der Waals surface area contributed by atoms with Gasteiger partial charge in [-0.2, -0.15) is 0 Å². The number of rotatable bonds is 3. The average Bonchev–Trinajstić information content (AvgIpc) is 3.16. The van der Waals surface area contributed by atoms with Crippen molar-refractivity contribution in [2.75, 3.05) is 23.1 Å². The molecule has 0 radical (unpaired) electrons. The van der Waals surface area contributed by atoms with Gasteiger partial charge in [0, 0.05) is 24.7 Å². The van der Waals surface area contributed by atoms with Gasteiger partial charge in [0.2, 0.25) is 11.9 Å². The zero-order valence-electron chi connectivity index (χ0n) is 11.4. The van der Waals surface area contributed by atoms with Crippen LogP contribution >= 0.6 is 11.8 Å². The summed E-state index contributed by atoms with van der Waals surface area (Å²) >= 11 is 1.48. The first kappa shape index (κ1) is 14.1. The first-order valence-electron chi connectivity index (χ1n) is 6.83. The van der Waals surface area contributed by atoms with Crippen molar-refractivity contribution in [3.63, 3.8) is 0 Å². The molecule has 1 unspecified atom stereocenters. The lowest BCUT2D eigenvalue weighted by molar-refractivity contribution is -0.148. The molecule has 7 nitrogen and oxygen atoms in total. The van der Waals surface area contributed by atoms with E-state index in [9.17, 15) is 14.7 Å². The number of aliphatic carboxylic acids is 1. The summed E-state index contributed by atoms with van der Waals surface area (Å²) in [5, 5.41) is 9.21. The summed E-state index contributed by atoms with van der Waals surface area (Å²) in [7, 11) is 0. The van der Waals surface area contributed by atoms with Crippen molar-refractivity contribution in [2.24, 2.45) is 0 Å². The van der Waals surface area contributed by atoms with E-state index in [4.69, 9.17) is 0 Å². The van der Waals surface area contributed by atoms with Crippen LogP contribution in [0.3, 0.4) is 0 Å². The van der Waals surface area contributed by atoms with Crippen molar-refractivity contribution < 1.29 is 14.7 Å². The molecular formula is C13H16N4O3S. The van der Waals surface area contributed by atoms with Crippen LogP contribution in [0.15, 0.2) is 18.5 Å². The lowest BCUT2D eigenvalue weighted by Gasteiger charge is -2.29. The number of aromatic nitrogens is 2. The van der Waals surface area contributed by atoms with Gasteiger partial charge in [-0.25, -0.2) is 14.8 Å². The van der Waals surface area contributed by atoms with Gasteiger partial charge in [-0.1, -0.05) is 0 Å². The van der Waals surface area contributed by atoms with E-state index in [1.165, 1.54) is 16.7 Å². The highest BCUT2D eigenvalue weighted by molar-refractivity contribution is 7.99. The van der Waals surface area contributed by atoms with Crippen molar-refractivity contribution in [3.8, 4) is 0 Å². The lowest BCUT2D eigenvalue weighted by atomic mass is 10.1. The van der Waals surface area contributed by atoms with E-state index in [0.717, 1.165) is 13.0 Å². The highest BCUT2D eigenvalue weighted by Crippen LogP contribution is 2.28. The Kier molecular flexibility index (Phi) is 3.96.